The molecule has 8 nitrogen and oxygen atoms in total. The maximum absolute atomic E-state index is 13.9. The lowest BCUT2D eigenvalue weighted by Crippen LogP contribution is -2.42. The summed E-state index contributed by atoms with van der Waals surface area (Å²) in [4.78, 5) is 26.7. The van der Waals surface area contributed by atoms with Crippen LogP contribution < -0.4 is 0 Å². The van der Waals surface area contributed by atoms with Crippen molar-refractivity contribution in [3.8, 4) is 0 Å². The molecule has 9 heteroatoms. The van der Waals surface area contributed by atoms with Crippen LogP contribution in [-0.4, -0.2) is 48.1 Å². The second kappa shape index (κ2) is 10.9. The summed E-state index contributed by atoms with van der Waals surface area (Å²) in [5, 5.41) is 0.838. The Balaban J connectivity index is 1.88. The molecule has 2 aromatic carbocycles. The van der Waals surface area contributed by atoms with Gasteiger partial charge in [-0.1, -0.05) is 49.2 Å². The first-order valence-corrected chi connectivity index (χ1v) is 14.5. The van der Waals surface area contributed by atoms with Crippen LogP contribution in [0.1, 0.15) is 69.8 Å². The second-order valence-electron chi connectivity index (χ2n) is 10.7. The standard InChI is InChI=1S/C29H36N2O6S/c1-6-7-18-36-26(32)19-25-27-23(16-17-30(25)38(34,35)21-14-12-20(2)13-15-21)22-10-8-9-11-24(22)31(27)28(33)37-29(3,4)5/h8-15,25H,6-7,16-19H2,1-5H3. The normalized spacial score (nSPS) is 16.3. The summed E-state index contributed by atoms with van der Waals surface area (Å²) in [5.74, 6) is -0.513. The van der Waals surface area contributed by atoms with Gasteiger partial charge in [-0.25, -0.2) is 17.8 Å². The number of hydrogen-bond donors (Lipinski definition) is 0. The molecule has 1 unspecified atom stereocenters. The maximum atomic E-state index is 13.9. The molecule has 0 spiro atoms. The van der Waals surface area contributed by atoms with Gasteiger partial charge in [0.05, 0.1) is 35.2 Å². The van der Waals surface area contributed by atoms with E-state index >= 15 is 0 Å². The summed E-state index contributed by atoms with van der Waals surface area (Å²) in [6, 6.07) is 13.1. The number of carbonyl (C=O) groups excluding carboxylic acids is 2. The molecule has 0 amide bonds. The number of esters is 1. The molecule has 1 aromatic heterocycles. The van der Waals surface area contributed by atoms with E-state index < -0.39 is 33.7 Å². The number of carbonyl (C=O) groups is 2. The summed E-state index contributed by atoms with van der Waals surface area (Å²) < 4.78 is 41.8. The van der Waals surface area contributed by atoms with Gasteiger partial charge in [0, 0.05) is 11.9 Å². The van der Waals surface area contributed by atoms with Gasteiger partial charge in [0.1, 0.15) is 5.60 Å². The van der Waals surface area contributed by atoms with Gasteiger partial charge in [-0.3, -0.25) is 4.79 Å². The smallest absolute Gasteiger partial charge is 0.419 e. The van der Waals surface area contributed by atoms with Gasteiger partial charge in [-0.05, 0) is 64.3 Å². The van der Waals surface area contributed by atoms with Gasteiger partial charge in [0.25, 0.3) is 0 Å². The second-order valence-corrected chi connectivity index (χ2v) is 12.6. The van der Waals surface area contributed by atoms with Crippen LogP contribution in [-0.2, 0) is 30.7 Å². The third-order valence-electron chi connectivity index (χ3n) is 6.59. The van der Waals surface area contributed by atoms with Crippen LogP contribution in [0.15, 0.2) is 53.4 Å². The SMILES string of the molecule is CCCCOC(=O)CC1c2c(c3ccccc3n2C(=O)OC(C)(C)C)CCN1S(=O)(=O)c1ccc(C)cc1. The Morgan fingerprint density at radius 3 is 2.39 bits per heavy atom. The first-order chi connectivity index (χ1) is 17.9. The summed E-state index contributed by atoms with van der Waals surface area (Å²) >= 11 is 0. The van der Waals surface area contributed by atoms with Crippen LogP contribution in [0, 0.1) is 6.92 Å². The monoisotopic (exact) mass is 540 g/mol. The molecule has 1 aliphatic heterocycles. The fourth-order valence-electron chi connectivity index (χ4n) is 4.84. The minimum Gasteiger partial charge on any atom is -0.466 e. The maximum Gasteiger partial charge on any atom is 0.419 e. The molecule has 0 aliphatic carbocycles. The van der Waals surface area contributed by atoms with Gasteiger partial charge >= 0.3 is 12.1 Å². The number of para-hydroxylation sites is 1. The fraction of sp³-hybridized carbons (Fsp3) is 0.448. The average Bonchev–Trinajstić information content (AvgIpc) is 3.19. The topological polar surface area (TPSA) is 94.9 Å². The van der Waals surface area contributed by atoms with Crippen molar-refractivity contribution >= 4 is 33.0 Å². The molecule has 0 fully saturated rings. The predicted octanol–water partition coefficient (Wildman–Crippen LogP) is 5.75. The van der Waals surface area contributed by atoms with E-state index in [1.165, 1.54) is 8.87 Å². The van der Waals surface area contributed by atoms with Crippen molar-refractivity contribution in [2.75, 3.05) is 13.2 Å². The van der Waals surface area contributed by atoms with Crippen molar-refractivity contribution in [1.29, 1.82) is 0 Å². The minimum atomic E-state index is -4.00. The Morgan fingerprint density at radius 2 is 1.74 bits per heavy atom. The van der Waals surface area contributed by atoms with Crippen molar-refractivity contribution in [3.05, 3.63) is 65.4 Å². The summed E-state index contributed by atoms with van der Waals surface area (Å²) in [6.07, 6.45) is 1.13. The number of aromatic nitrogens is 1. The van der Waals surface area contributed by atoms with Crippen LogP contribution in [0.5, 0.6) is 0 Å². The molecule has 0 saturated heterocycles. The van der Waals surface area contributed by atoms with Crippen LogP contribution in [0.3, 0.4) is 0 Å². The number of fused-ring (bicyclic) bond motifs is 3. The highest BCUT2D eigenvalue weighted by atomic mass is 32.2. The number of ether oxygens (including phenoxy) is 2. The number of hydrogen-bond acceptors (Lipinski definition) is 6. The quantitative estimate of drug-likeness (QED) is 0.280. The molecule has 3 aromatic rings. The third kappa shape index (κ3) is 5.63. The van der Waals surface area contributed by atoms with Crippen molar-refractivity contribution in [1.82, 2.24) is 8.87 Å². The van der Waals surface area contributed by atoms with E-state index in [4.69, 9.17) is 9.47 Å². The Kier molecular flexibility index (Phi) is 7.99. The Hall–Kier alpha value is -3.17. The minimum absolute atomic E-state index is 0.135. The molecule has 204 valence electrons. The molecular formula is C29H36N2O6S. The number of unbranched alkanes of at least 4 members (excludes halogenated alkanes) is 1. The van der Waals surface area contributed by atoms with E-state index in [0.717, 1.165) is 22.9 Å². The van der Waals surface area contributed by atoms with Crippen molar-refractivity contribution in [3.63, 3.8) is 0 Å². The Bertz CT molecular complexity index is 1430. The highest BCUT2D eigenvalue weighted by Gasteiger charge is 2.42. The van der Waals surface area contributed by atoms with Gasteiger partial charge < -0.3 is 9.47 Å². The molecular weight excluding hydrogens is 504 g/mol. The summed E-state index contributed by atoms with van der Waals surface area (Å²) in [6.45, 7) is 9.64. The Labute approximate surface area is 224 Å². The largest absolute Gasteiger partial charge is 0.466 e. The number of aryl methyl sites for hydroxylation is 1. The molecule has 1 aliphatic rings. The van der Waals surface area contributed by atoms with E-state index in [1.807, 2.05) is 38.1 Å². The molecule has 1 atom stereocenters. The van der Waals surface area contributed by atoms with Crippen LogP contribution in [0.25, 0.3) is 10.9 Å². The molecule has 38 heavy (non-hydrogen) atoms. The first-order valence-electron chi connectivity index (χ1n) is 13.0. The third-order valence-corrected chi connectivity index (χ3v) is 8.51. The lowest BCUT2D eigenvalue weighted by molar-refractivity contribution is -0.145. The van der Waals surface area contributed by atoms with E-state index in [-0.39, 0.29) is 24.5 Å². The van der Waals surface area contributed by atoms with Crippen molar-refractivity contribution in [2.45, 2.75) is 76.8 Å². The van der Waals surface area contributed by atoms with Gasteiger partial charge in [-0.15, -0.1) is 0 Å². The zero-order chi connectivity index (χ0) is 27.7. The van der Waals surface area contributed by atoms with Crippen LogP contribution >= 0.6 is 0 Å². The number of sulfonamides is 1. The zero-order valence-corrected chi connectivity index (χ0v) is 23.5. The van der Waals surface area contributed by atoms with E-state index in [1.54, 1.807) is 45.0 Å². The zero-order valence-electron chi connectivity index (χ0n) is 22.7. The number of benzene rings is 2. The highest BCUT2D eigenvalue weighted by molar-refractivity contribution is 7.89. The number of rotatable bonds is 7. The van der Waals surface area contributed by atoms with E-state index in [0.29, 0.717) is 24.1 Å². The van der Waals surface area contributed by atoms with Gasteiger partial charge in [0.2, 0.25) is 10.0 Å². The fourth-order valence-corrected chi connectivity index (χ4v) is 6.43. The lowest BCUT2D eigenvalue weighted by Gasteiger charge is -2.35. The average molecular weight is 541 g/mol. The van der Waals surface area contributed by atoms with Crippen LogP contribution in [0.2, 0.25) is 0 Å². The number of nitrogens with zero attached hydrogens (tertiary/aromatic N) is 2. The van der Waals surface area contributed by atoms with Crippen LogP contribution in [0.4, 0.5) is 4.79 Å². The molecule has 0 saturated carbocycles. The molecule has 0 radical (unpaired) electrons. The molecule has 0 bridgehead atoms. The highest BCUT2D eigenvalue weighted by Crippen LogP contribution is 2.42. The first kappa shape index (κ1) is 27.9. The molecule has 4 rings (SSSR count). The van der Waals surface area contributed by atoms with Gasteiger partial charge in [-0.2, -0.15) is 4.31 Å². The predicted molar refractivity (Wildman–Crippen MR) is 146 cm³/mol. The van der Waals surface area contributed by atoms with E-state index in [2.05, 4.69) is 0 Å². The van der Waals surface area contributed by atoms with Gasteiger partial charge in [0.15, 0.2) is 0 Å². The summed E-state index contributed by atoms with van der Waals surface area (Å²) in [5.41, 5.74) is 2.08. The summed E-state index contributed by atoms with van der Waals surface area (Å²) in [7, 11) is -4.00. The molecule has 0 N–H and O–H groups in total. The van der Waals surface area contributed by atoms with E-state index in [9.17, 15) is 18.0 Å². The lowest BCUT2D eigenvalue weighted by atomic mass is 9.97. The van der Waals surface area contributed by atoms with Crippen molar-refractivity contribution in [2.24, 2.45) is 0 Å². The molecule has 2 heterocycles. The Morgan fingerprint density at radius 1 is 1.05 bits per heavy atom. The van der Waals surface area contributed by atoms with Crippen molar-refractivity contribution < 1.29 is 27.5 Å².